The number of aromatic nitrogens is 1. The van der Waals surface area contributed by atoms with Crippen molar-refractivity contribution in [1.29, 1.82) is 0 Å². The first kappa shape index (κ1) is 29.1. The lowest BCUT2D eigenvalue weighted by Gasteiger charge is -2.44. The van der Waals surface area contributed by atoms with Gasteiger partial charge in [0.25, 0.3) is 0 Å². The van der Waals surface area contributed by atoms with Crippen LogP contribution in [0.4, 0.5) is 13.9 Å². The van der Waals surface area contributed by atoms with Crippen LogP contribution in [0.1, 0.15) is 57.2 Å². The number of hydrogen-bond acceptors (Lipinski definition) is 6. The van der Waals surface area contributed by atoms with Crippen molar-refractivity contribution in [2.24, 2.45) is 0 Å². The Kier molecular flexibility index (Phi) is 9.03. The van der Waals surface area contributed by atoms with Crippen molar-refractivity contribution in [1.82, 2.24) is 15.6 Å². The molecule has 0 bridgehead atoms. The molecule has 1 fully saturated rings. The first-order valence-corrected chi connectivity index (χ1v) is 14.2. The number of piperidine rings is 1. The topological polar surface area (TPSA) is 77.5 Å². The van der Waals surface area contributed by atoms with Gasteiger partial charge < -0.3 is 20.6 Å². The lowest BCUT2D eigenvalue weighted by Crippen LogP contribution is -2.56. The van der Waals surface area contributed by atoms with Gasteiger partial charge in [0.05, 0.1) is 12.1 Å². The number of amides is 1. The molecule has 39 heavy (non-hydrogen) atoms. The number of hydrogen-bond donors (Lipinski definition) is 3. The molecule has 0 spiro atoms. The maximum Gasteiger partial charge on any atom is 0.217 e. The molecule has 1 aromatic heterocycles. The van der Waals surface area contributed by atoms with E-state index >= 15 is 0 Å². The van der Waals surface area contributed by atoms with E-state index in [2.05, 4.69) is 65.6 Å². The van der Waals surface area contributed by atoms with Crippen LogP contribution in [-0.4, -0.2) is 47.8 Å². The molecule has 1 saturated heterocycles. The third-order valence-corrected chi connectivity index (χ3v) is 8.30. The molecule has 0 aliphatic carbocycles. The van der Waals surface area contributed by atoms with Crippen LogP contribution >= 0.6 is 11.3 Å². The first-order valence-electron chi connectivity index (χ1n) is 13.4. The Balaban J connectivity index is 1.56. The van der Waals surface area contributed by atoms with E-state index in [1.807, 2.05) is 11.6 Å². The van der Waals surface area contributed by atoms with E-state index in [0.29, 0.717) is 5.56 Å². The average molecular weight is 557 g/mol. The molecule has 0 unspecified atom stereocenters. The highest BCUT2D eigenvalue weighted by molar-refractivity contribution is 7.13. The quantitative estimate of drug-likeness (QED) is 0.349. The van der Waals surface area contributed by atoms with E-state index in [4.69, 9.17) is 0 Å². The standard InChI is InChI=1S/C30H38F2N4O2S/c1-20(37)35-26(16-21-14-24(31)18-25(32)15-21)27(38)19-34-30(23-7-5-6-22(17-23)29(2,3)4)8-11-36(12-9-30)28-33-10-13-39-28/h5-7,10,13-15,17-18,26-27,34,38H,8-9,11-12,16,19H2,1-4H3,(H,35,37)/t26-,27-/m0/s1. The van der Waals surface area contributed by atoms with Crippen LogP contribution in [0.2, 0.25) is 0 Å². The van der Waals surface area contributed by atoms with E-state index in [-0.39, 0.29) is 24.3 Å². The fourth-order valence-electron chi connectivity index (χ4n) is 5.27. The second-order valence-electron chi connectivity index (χ2n) is 11.5. The van der Waals surface area contributed by atoms with Crippen molar-refractivity contribution in [2.75, 3.05) is 24.5 Å². The average Bonchev–Trinajstić information content (AvgIpc) is 3.41. The number of halogens is 2. The summed E-state index contributed by atoms with van der Waals surface area (Å²) in [6, 6.07) is 11.2. The Labute approximate surface area is 233 Å². The molecule has 3 N–H and O–H groups in total. The van der Waals surface area contributed by atoms with Crippen molar-refractivity contribution in [2.45, 2.75) is 70.1 Å². The predicted octanol–water partition coefficient (Wildman–Crippen LogP) is 4.91. The van der Waals surface area contributed by atoms with E-state index in [1.165, 1.54) is 24.6 Å². The van der Waals surface area contributed by atoms with Gasteiger partial charge in [-0.2, -0.15) is 0 Å². The summed E-state index contributed by atoms with van der Waals surface area (Å²) in [5, 5.41) is 20.7. The molecule has 1 amide bonds. The van der Waals surface area contributed by atoms with Crippen LogP contribution in [0.5, 0.6) is 0 Å². The number of carbonyl (C=O) groups is 1. The number of nitrogens with one attached hydrogen (secondary N) is 2. The van der Waals surface area contributed by atoms with Crippen molar-refractivity contribution >= 4 is 22.4 Å². The molecule has 1 aliphatic heterocycles. The number of anilines is 1. The molecule has 0 saturated carbocycles. The second-order valence-corrected chi connectivity index (χ2v) is 12.3. The monoisotopic (exact) mass is 556 g/mol. The van der Waals surface area contributed by atoms with Gasteiger partial charge in [-0.05, 0) is 53.5 Å². The number of benzene rings is 2. The maximum absolute atomic E-state index is 13.8. The molecule has 2 heterocycles. The Bertz CT molecular complexity index is 1230. The maximum atomic E-state index is 13.8. The fourth-order valence-corrected chi connectivity index (χ4v) is 5.97. The smallest absolute Gasteiger partial charge is 0.217 e. The summed E-state index contributed by atoms with van der Waals surface area (Å²) in [5.41, 5.74) is 2.34. The minimum Gasteiger partial charge on any atom is -0.390 e. The van der Waals surface area contributed by atoms with Crippen LogP contribution < -0.4 is 15.5 Å². The molecule has 2 atom stereocenters. The third kappa shape index (κ3) is 7.41. The lowest BCUT2D eigenvalue weighted by molar-refractivity contribution is -0.120. The molecular formula is C30H38F2N4O2S. The van der Waals surface area contributed by atoms with Crippen molar-refractivity contribution in [3.05, 3.63) is 82.4 Å². The SMILES string of the molecule is CC(=O)N[C@@H](Cc1cc(F)cc(F)c1)[C@@H](O)CNC1(c2cccc(C(C)(C)C)c2)CCN(c2nccs2)CC1. The van der Waals surface area contributed by atoms with Gasteiger partial charge in [-0.1, -0.05) is 45.0 Å². The Hall–Kier alpha value is -2.88. The largest absolute Gasteiger partial charge is 0.390 e. The molecule has 4 rings (SSSR count). The highest BCUT2D eigenvalue weighted by Crippen LogP contribution is 2.37. The van der Waals surface area contributed by atoms with Crippen molar-refractivity contribution in [3.8, 4) is 0 Å². The van der Waals surface area contributed by atoms with Crippen molar-refractivity contribution < 1.29 is 18.7 Å². The highest BCUT2D eigenvalue weighted by Gasteiger charge is 2.38. The van der Waals surface area contributed by atoms with Gasteiger partial charge in [0.1, 0.15) is 11.6 Å². The van der Waals surface area contributed by atoms with Crippen LogP contribution in [0.3, 0.4) is 0 Å². The molecule has 3 aromatic rings. The summed E-state index contributed by atoms with van der Waals surface area (Å²) in [5.74, 6) is -1.70. The van der Waals surface area contributed by atoms with Crippen LogP contribution in [0.25, 0.3) is 0 Å². The number of rotatable bonds is 9. The van der Waals surface area contributed by atoms with Crippen molar-refractivity contribution in [3.63, 3.8) is 0 Å². The van der Waals surface area contributed by atoms with E-state index in [1.54, 1.807) is 11.3 Å². The van der Waals surface area contributed by atoms with Gasteiger partial charge in [-0.3, -0.25) is 4.79 Å². The molecule has 9 heteroatoms. The normalized spacial score (nSPS) is 17.1. The Morgan fingerprint density at radius 3 is 2.44 bits per heavy atom. The summed E-state index contributed by atoms with van der Waals surface area (Å²) >= 11 is 1.62. The number of aliphatic hydroxyl groups is 1. The molecule has 2 aromatic carbocycles. The van der Waals surface area contributed by atoms with Gasteiger partial charge in [0, 0.05) is 49.7 Å². The summed E-state index contributed by atoms with van der Waals surface area (Å²) in [4.78, 5) is 18.7. The Morgan fingerprint density at radius 2 is 1.85 bits per heavy atom. The molecule has 6 nitrogen and oxygen atoms in total. The molecular weight excluding hydrogens is 518 g/mol. The van der Waals surface area contributed by atoms with Gasteiger partial charge in [-0.25, -0.2) is 13.8 Å². The van der Waals surface area contributed by atoms with Gasteiger partial charge in [0.15, 0.2) is 5.13 Å². The van der Waals surface area contributed by atoms with Crippen LogP contribution in [0, 0.1) is 11.6 Å². The predicted molar refractivity (Wildman–Crippen MR) is 152 cm³/mol. The summed E-state index contributed by atoms with van der Waals surface area (Å²) in [7, 11) is 0. The minimum atomic E-state index is -0.986. The van der Waals surface area contributed by atoms with Crippen LogP contribution in [0.15, 0.2) is 54.0 Å². The van der Waals surface area contributed by atoms with Gasteiger partial charge in [-0.15, -0.1) is 11.3 Å². The van der Waals surface area contributed by atoms with E-state index in [0.717, 1.165) is 42.7 Å². The van der Waals surface area contributed by atoms with E-state index in [9.17, 15) is 18.7 Å². The first-order chi connectivity index (χ1) is 18.4. The summed E-state index contributed by atoms with van der Waals surface area (Å²) < 4.78 is 27.6. The van der Waals surface area contributed by atoms with Gasteiger partial charge in [0.2, 0.25) is 5.91 Å². The molecule has 1 aliphatic rings. The van der Waals surface area contributed by atoms with Gasteiger partial charge >= 0.3 is 0 Å². The number of carbonyl (C=O) groups excluding carboxylic acids is 1. The second kappa shape index (κ2) is 12.1. The lowest BCUT2D eigenvalue weighted by atomic mass is 9.77. The molecule has 210 valence electrons. The number of aliphatic hydroxyl groups excluding tert-OH is 1. The fraction of sp³-hybridized carbons (Fsp3) is 0.467. The third-order valence-electron chi connectivity index (χ3n) is 7.47. The highest BCUT2D eigenvalue weighted by atomic mass is 32.1. The zero-order valence-electron chi connectivity index (χ0n) is 23.0. The summed E-state index contributed by atoms with van der Waals surface area (Å²) in [6.07, 6.45) is 2.52. The molecule has 0 radical (unpaired) electrons. The minimum absolute atomic E-state index is 0.0188. The number of nitrogens with zero attached hydrogens (tertiary/aromatic N) is 2. The Morgan fingerprint density at radius 1 is 1.15 bits per heavy atom. The summed E-state index contributed by atoms with van der Waals surface area (Å²) in [6.45, 7) is 9.73. The zero-order chi connectivity index (χ0) is 28.2. The zero-order valence-corrected chi connectivity index (χ0v) is 23.8. The van der Waals surface area contributed by atoms with Crippen LogP contribution in [-0.2, 0) is 22.2 Å². The number of thiazole rings is 1. The van der Waals surface area contributed by atoms with E-state index < -0.39 is 29.3 Å².